The van der Waals surface area contributed by atoms with Crippen molar-refractivity contribution in [3.63, 3.8) is 0 Å². The molecule has 2 fully saturated rings. The van der Waals surface area contributed by atoms with Gasteiger partial charge in [0.2, 0.25) is 0 Å². The number of para-hydroxylation sites is 2. The van der Waals surface area contributed by atoms with Crippen LogP contribution in [0, 0.1) is 5.41 Å². The molecule has 1 N–H and O–H groups in total. The zero-order valence-electron chi connectivity index (χ0n) is 20.1. The molecule has 0 bridgehead atoms. The van der Waals surface area contributed by atoms with Crippen molar-refractivity contribution in [3.05, 3.63) is 60.4 Å². The number of methoxy groups -OCH3 is 1. The summed E-state index contributed by atoms with van der Waals surface area (Å²) < 4.78 is 7.33. The average molecular weight is 462 g/mol. The maximum atomic E-state index is 13.1. The van der Waals surface area contributed by atoms with E-state index < -0.39 is 0 Å². The van der Waals surface area contributed by atoms with Crippen molar-refractivity contribution in [2.45, 2.75) is 32.1 Å². The van der Waals surface area contributed by atoms with Gasteiger partial charge in [0.15, 0.2) is 0 Å². The van der Waals surface area contributed by atoms with Gasteiger partial charge < -0.3 is 15.0 Å². The van der Waals surface area contributed by atoms with Crippen LogP contribution in [0.3, 0.4) is 0 Å². The number of hydrogen-bond donors (Lipinski definition) is 1. The van der Waals surface area contributed by atoms with Gasteiger partial charge in [-0.1, -0.05) is 37.5 Å². The number of rotatable bonds is 7. The number of amides is 1. The Hall–Kier alpha value is -3.06. The second-order valence-electron chi connectivity index (χ2n) is 9.77. The Balaban J connectivity index is 1.22. The van der Waals surface area contributed by atoms with Crippen LogP contribution in [0.15, 0.2) is 54.9 Å². The summed E-state index contributed by atoms with van der Waals surface area (Å²) >= 11 is 0. The van der Waals surface area contributed by atoms with E-state index in [1.807, 2.05) is 36.5 Å². The molecule has 1 saturated heterocycles. The summed E-state index contributed by atoms with van der Waals surface area (Å²) in [4.78, 5) is 18.1. The zero-order valence-corrected chi connectivity index (χ0v) is 20.1. The molecular formula is C27H35N5O2. The lowest BCUT2D eigenvalue weighted by molar-refractivity contribution is 0.0806. The van der Waals surface area contributed by atoms with Crippen LogP contribution in [0.25, 0.3) is 5.52 Å². The van der Waals surface area contributed by atoms with Gasteiger partial charge >= 0.3 is 0 Å². The van der Waals surface area contributed by atoms with Crippen LogP contribution in [-0.2, 0) is 0 Å². The molecule has 2 aromatic heterocycles. The molecule has 1 aromatic carbocycles. The van der Waals surface area contributed by atoms with E-state index in [1.165, 1.54) is 37.8 Å². The fraction of sp³-hybridized carbons (Fsp3) is 0.481. The van der Waals surface area contributed by atoms with E-state index in [4.69, 9.17) is 4.74 Å². The highest BCUT2D eigenvalue weighted by atomic mass is 16.5. The van der Waals surface area contributed by atoms with Crippen molar-refractivity contribution in [3.8, 4) is 5.75 Å². The second kappa shape index (κ2) is 10.1. The van der Waals surface area contributed by atoms with Crippen molar-refractivity contribution in [2.75, 3.05) is 51.3 Å². The van der Waals surface area contributed by atoms with Crippen molar-refractivity contribution in [1.82, 2.24) is 19.8 Å². The quantitative estimate of drug-likeness (QED) is 0.579. The van der Waals surface area contributed by atoms with Gasteiger partial charge in [-0.05, 0) is 37.1 Å². The molecule has 3 aromatic rings. The Morgan fingerprint density at radius 2 is 1.79 bits per heavy atom. The third-order valence-corrected chi connectivity index (χ3v) is 7.57. The number of carbonyl (C=O) groups excluding carboxylic acids is 1. The third kappa shape index (κ3) is 4.75. The molecule has 0 spiro atoms. The van der Waals surface area contributed by atoms with Crippen LogP contribution in [0.1, 0.15) is 42.5 Å². The van der Waals surface area contributed by atoms with Crippen LogP contribution >= 0.6 is 0 Å². The number of aromatic nitrogens is 2. The standard InChI is InChI=1S/C27H35N5O2/c1-34-25-11-4-3-10-24(25)31-17-15-30(16-18-31)21-27(12-6-2-7-13-27)20-28-26(33)22-19-29-32-14-8-5-9-23(22)32/h3-5,8-11,14,19H,2,6-7,12-13,15-18,20-21H2,1H3,(H,28,33). The van der Waals surface area contributed by atoms with Crippen molar-refractivity contribution in [1.29, 1.82) is 0 Å². The van der Waals surface area contributed by atoms with Gasteiger partial charge in [-0.25, -0.2) is 4.52 Å². The molecule has 180 valence electrons. The highest BCUT2D eigenvalue weighted by Crippen LogP contribution is 2.37. The molecule has 3 heterocycles. The summed E-state index contributed by atoms with van der Waals surface area (Å²) in [5.74, 6) is 0.919. The van der Waals surface area contributed by atoms with Gasteiger partial charge in [0.25, 0.3) is 5.91 Å². The predicted octanol–water partition coefficient (Wildman–Crippen LogP) is 3.85. The lowest BCUT2D eigenvalue weighted by atomic mass is 9.73. The molecule has 1 aliphatic heterocycles. The zero-order chi connectivity index (χ0) is 23.4. The van der Waals surface area contributed by atoms with Gasteiger partial charge in [0, 0.05) is 50.9 Å². The highest BCUT2D eigenvalue weighted by Gasteiger charge is 2.35. The average Bonchev–Trinajstić information content (AvgIpc) is 3.33. The van der Waals surface area contributed by atoms with E-state index in [9.17, 15) is 4.79 Å². The van der Waals surface area contributed by atoms with Crippen molar-refractivity contribution in [2.24, 2.45) is 5.41 Å². The maximum absolute atomic E-state index is 13.1. The second-order valence-corrected chi connectivity index (χ2v) is 9.77. The summed E-state index contributed by atoms with van der Waals surface area (Å²) in [5.41, 5.74) is 2.82. The summed E-state index contributed by atoms with van der Waals surface area (Å²) in [6, 6.07) is 14.1. The fourth-order valence-electron chi connectivity index (χ4n) is 5.68. The number of nitrogens with one attached hydrogen (secondary N) is 1. The van der Waals surface area contributed by atoms with Crippen molar-refractivity contribution >= 4 is 17.1 Å². The Morgan fingerprint density at radius 1 is 1.03 bits per heavy atom. The smallest absolute Gasteiger partial charge is 0.255 e. The molecule has 7 heteroatoms. The molecule has 0 unspecified atom stereocenters. The minimum Gasteiger partial charge on any atom is -0.495 e. The summed E-state index contributed by atoms with van der Waals surface area (Å²) in [6.07, 6.45) is 9.69. The molecule has 1 aliphatic carbocycles. The monoisotopic (exact) mass is 461 g/mol. The lowest BCUT2D eigenvalue weighted by Gasteiger charge is -2.44. The topological polar surface area (TPSA) is 62.1 Å². The Bertz CT molecular complexity index is 1110. The van der Waals surface area contributed by atoms with Gasteiger partial charge in [0.1, 0.15) is 5.75 Å². The van der Waals surface area contributed by atoms with E-state index in [0.717, 1.165) is 50.5 Å². The van der Waals surface area contributed by atoms with E-state index in [-0.39, 0.29) is 11.3 Å². The molecular weight excluding hydrogens is 426 g/mol. The van der Waals surface area contributed by atoms with Crippen LogP contribution in [0.2, 0.25) is 0 Å². The molecule has 0 atom stereocenters. The molecule has 2 aliphatic rings. The van der Waals surface area contributed by atoms with E-state index >= 15 is 0 Å². The fourth-order valence-corrected chi connectivity index (χ4v) is 5.68. The highest BCUT2D eigenvalue weighted by molar-refractivity contribution is 6.00. The molecule has 5 rings (SSSR count). The Labute approximate surface area is 201 Å². The molecule has 7 nitrogen and oxygen atoms in total. The lowest BCUT2D eigenvalue weighted by Crippen LogP contribution is -2.52. The summed E-state index contributed by atoms with van der Waals surface area (Å²) in [6.45, 7) is 5.81. The SMILES string of the molecule is COc1ccccc1N1CCN(CC2(CNC(=O)c3cnn4ccccc34)CCCCC2)CC1. The first-order chi connectivity index (χ1) is 16.7. The first-order valence-electron chi connectivity index (χ1n) is 12.5. The van der Waals surface area contributed by atoms with Crippen LogP contribution in [0.5, 0.6) is 5.75 Å². The molecule has 0 radical (unpaired) electrons. The number of nitrogens with zero attached hydrogens (tertiary/aromatic N) is 4. The normalized spacial score (nSPS) is 18.7. The largest absolute Gasteiger partial charge is 0.495 e. The van der Waals surface area contributed by atoms with Crippen LogP contribution < -0.4 is 15.0 Å². The van der Waals surface area contributed by atoms with Gasteiger partial charge in [-0.3, -0.25) is 9.69 Å². The molecule has 1 amide bonds. The third-order valence-electron chi connectivity index (χ3n) is 7.57. The van der Waals surface area contributed by atoms with Crippen LogP contribution in [-0.4, -0.2) is 66.8 Å². The van der Waals surface area contributed by atoms with Gasteiger partial charge in [-0.2, -0.15) is 5.10 Å². The number of hydrogen-bond acceptors (Lipinski definition) is 5. The molecule has 1 saturated carbocycles. The number of ether oxygens (including phenoxy) is 1. The summed E-state index contributed by atoms with van der Waals surface area (Å²) in [5, 5.41) is 7.60. The van der Waals surface area contributed by atoms with Gasteiger partial charge in [0.05, 0.1) is 30.1 Å². The number of benzene rings is 1. The minimum absolute atomic E-state index is 0.0212. The number of carbonyl (C=O) groups is 1. The van der Waals surface area contributed by atoms with Crippen molar-refractivity contribution < 1.29 is 9.53 Å². The Kier molecular flexibility index (Phi) is 6.72. The number of fused-ring (bicyclic) bond motifs is 1. The van der Waals surface area contributed by atoms with Gasteiger partial charge in [-0.15, -0.1) is 0 Å². The number of piperazine rings is 1. The molecule has 34 heavy (non-hydrogen) atoms. The first-order valence-corrected chi connectivity index (χ1v) is 12.5. The number of pyridine rings is 1. The van der Waals surface area contributed by atoms with E-state index in [2.05, 4.69) is 32.3 Å². The summed E-state index contributed by atoms with van der Waals surface area (Å²) in [7, 11) is 1.74. The first kappa shape index (κ1) is 22.7. The maximum Gasteiger partial charge on any atom is 0.255 e. The minimum atomic E-state index is -0.0212. The number of anilines is 1. The van der Waals surface area contributed by atoms with Crippen LogP contribution in [0.4, 0.5) is 5.69 Å². The predicted molar refractivity (Wildman–Crippen MR) is 135 cm³/mol. The van der Waals surface area contributed by atoms with E-state index in [0.29, 0.717) is 5.56 Å². The Morgan fingerprint density at radius 3 is 2.59 bits per heavy atom. The van der Waals surface area contributed by atoms with E-state index in [1.54, 1.807) is 17.8 Å².